The molecule has 14 unspecified atom stereocenters. The summed E-state index contributed by atoms with van der Waals surface area (Å²) >= 11 is 2.49. The summed E-state index contributed by atoms with van der Waals surface area (Å²) in [6.07, 6.45) is -68.0. The Morgan fingerprint density at radius 3 is 0.667 bits per heavy atom. The molecule has 93 heavy (non-hydrogen) atoms. The molecular formula is C58H80O33S2. The molecule has 0 amide bonds. The van der Waals surface area contributed by atoms with Crippen LogP contribution in [0.2, 0.25) is 0 Å². The molecular weight excluding hydrogens is 1290 g/mol. The van der Waals surface area contributed by atoms with Gasteiger partial charge in [-0.3, -0.25) is 0 Å². The monoisotopic (exact) mass is 1370 g/mol. The molecule has 17 heterocycles. The summed E-state index contributed by atoms with van der Waals surface area (Å²) in [6, 6.07) is 14.9. The summed E-state index contributed by atoms with van der Waals surface area (Å²) in [5, 5.41) is 222. The maximum Gasteiger partial charge on any atom is 0.187 e. The van der Waals surface area contributed by atoms with Crippen LogP contribution in [0.4, 0.5) is 0 Å². The van der Waals surface area contributed by atoms with E-state index < -0.39 is 248 Å². The Bertz CT molecular complexity index is 2880. The first-order valence-electron chi connectivity index (χ1n) is 30.5. The first kappa shape index (κ1) is 70.4. The number of aliphatic hydroxyl groups is 19. The molecule has 19 N–H and O–H groups in total. The Morgan fingerprint density at radius 2 is 0.452 bits per heavy atom. The zero-order valence-electron chi connectivity index (χ0n) is 49.2. The highest BCUT2D eigenvalue weighted by molar-refractivity contribution is 7.98. The van der Waals surface area contributed by atoms with Crippen molar-refractivity contribution in [2.75, 3.05) is 44.5 Å². The molecule has 20 rings (SSSR count). The molecule has 17 aliphatic rings. The predicted molar refractivity (Wildman–Crippen MR) is 308 cm³/mol. The molecule has 0 aliphatic carbocycles. The molecule has 3 aromatic carbocycles. The summed E-state index contributed by atoms with van der Waals surface area (Å²) in [7, 11) is 0. The Hall–Kier alpha value is -2.44. The minimum Gasteiger partial charge on any atom is -0.394 e. The molecule has 0 aromatic heterocycles. The van der Waals surface area contributed by atoms with Gasteiger partial charge in [0.25, 0.3) is 0 Å². The lowest BCUT2D eigenvalue weighted by atomic mass is 9.93. The van der Waals surface area contributed by atoms with Crippen molar-refractivity contribution in [1.82, 2.24) is 0 Å². The molecule has 522 valence electrons. The zero-order chi connectivity index (χ0) is 66.0. The lowest BCUT2D eigenvalue weighted by Crippen LogP contribution is -2.68. The van der Waals surface area contributed by atoms with Crippen LogP contribution in [0.25, 0.3) is 21.5 Å². The Morgan fingerprint density at radius 1 is 0.258 bits per heavy atom. The Kier molecular flexibility index (Phi) is 22.6. The van der Waals surface area contributed by atoms with Crippen molar-refractivity contribution in [2.45, 2.75) is 226 Å². The van der Waals surface area contributed by atoms with Gasteiger partial charge in [0.2, 0.25) is 0 Å². The number of benzene rings is 3. The zero-order valence-corrected chi connectivity index (χ0v) is 50.9. The van der Waals surface area contributed by atoms with Crippen LogP contribution >= 0.6 is 23.5 Å². The average molecular weight is 1370 g/mol. The lowest BCUT2D eigenvalue weighted by Gasteiger charge is -2.50. The number of fused-ring (bicyclic) bond motifs is 4. The minimum absolute atomic E-state index is 0.149. The summed E-state index contributed by atoms with van der Waals surface area (Å²) < 4.78 is 84.8. The number of aliphatic hydroxyl groups excluding tert-OH is 19. The van der Waals surface area contributed by atoms with Crippen LogP contribution in [-0.4, -0.2) is 357 Å². The molecule has 7 fully saturated rings. The standard InChI is InChI=1S/C58H80O33S2/c59-9-24-45-31(64)38(71)52(78-24)86-46-25(10-60)81-55(41(74)34(46)67)90-50-29-16-92-14-22-18-5-1-3-7-20(18)23(21-8-4-2-6-19(21)22)15-93-17-30-51(36(69)43(76)57(83-30)88-48-27(12-62)79-53(85-45)39(72)32(48)65)91-56-42(75)35(68)47(26(11-61)82-56)87-54-40(73)33(66)49(28(13-63)80-54)89-58(84-29)44(77)37(50)70/h1-8,24-77H,9-17H2/t24-,25-,26-,27-,28-,29-,30-,31?,32?,33?,34?,35?,36?,37?,38?,39?,40?,41?,42?,43?,44?,45-,46-,47-,48-,49-,50-,51-,52-,53-,54-,55-,56+,57-,58-/m1/s1. The second-order valence-electron chi connectivity index (χ2n) is 24.4. The van der Waals surface area contributed by atoms with Crippen molar-refractivity contribution in [3.05, 3.63) is 59.7 Å². The van der Waals surface area contributed by atoms with Crippen LogP contribution in [0.5, 0.6) is 0 Å². The molecule has 0 spiro atoms. The summed E-state index contributed by atoms with van der Waals surface area (Å²) in [4.78, 5) is 0. The topological polar surface area (TPSA) is 514 Å². The SMILES string of the molecule is OC[C@H]1O[C@@H]2O[C@H]3C(O)C(O)[C@@H]4O[C@@H]3CSCc3c5ccccc5c(c5ccccc35)CSC[C@H]3O[C@H](O[C@H]5C(O)C(O)[C@H](O[C@@H]5CO)O[C@H]5C(O)C(O)[C@H](O[C@@H]5CO)O[C@H]1C(O)C2O)C(O)C(O)[C@@H]3O[C@@H]1O[C@H](CO)[C@@H](O[C@H]2O[C@H](CO)[C@@H](O4)C(O)C2O)C(O)C1O. The van der Waals surface area contributed by atoms with E-state index in [1.165, 1.54) is 23.5 Å². The number of rotatable bonds is 5. The number of hydrogen-bond acceptors (Lipinski definition) is 35. The van der Waals surface area contributed by atoms with Crippen LogP contribution in [-0.2, 0) is 77.8 Å². The Balaban J connectivity index is 0.966. The van der Waals surface area contributed by atoms with Gasteiger partial charge < -0.3 is 163 Å². The van der Waals surface area contributed by atoms with Crippen LogP contribution in [0.15, 0.2) is 48.5 Å². The highest BCUT2D eigenvalue weighted by Crippen LogP contribution is 2.43. The first-order chi connectivity index (χ1) is 44.7. The highest BCUT2D eigenvalue weighted by Gasteiger charge is 2.60. The van der Waals surface area contributed by atoms with E-state index in [1.54, 1.807) is 0 Å². The molecule has 0 radical (unpaired) electrons. The van der Waals surface area contributed by atoms with Gasteiger partial charge in [0.1, 0.15) is 159 Å². The lowest BCUT2D eigenvalue weighted by molar-refractivity contribution is -0.395. The molecule has 3 aromatic rings. The van der Waals surface area contributed by atoms with Gasteiger partial charge in [-0.1, -0.05) is 48.5 Å². The highest BCUT2D eigenvalue weighted by atomic mass is 32.2. The molecule has 0 saturated carbocycles. The fourth-order valence-corrected chi connectivity index (χ4v) is 15.8. The fourth-order valence-electron chi connectivity index (χ4n) is 13.6. The van der Waals surface area contributed by atoms with Crippen molar-refractivity contribution < 1.29 is 163 Å². The van der Waals surface area contributed by atoms with Gasteiger partial charge >= 0.3 is 0 Å². The average Bonchev–Trinajstić information content (AvgIpc) is 0.823. The van der Waals surface area contributed by atoms with Gasteiger partial charge in [-0.15, -0.1) is 0 Å². The van der Waals surface area contributed by atoms with E-state index in [0.717, 1.165) is 32.7 Å². The molecule has 33 nitrogen and oxygen atoms in total. The van der Waals surface area contributed by atoms with E-state index >= 15 is 0 Å². The van der Waals surface area contributed by atoms with Crippen molar-refractivity contribution in [2.24, 2.45) is 0 Å². The Labute approximate surface area is 537 Å². The van der Waals surface area contributed by atoms with Gasteiger partial charge in [-0.05, 0) is 32.7 Å². The van der Waals surface area contributed by atoms with Gasteiger partial charge in [0.05, 0.1) is 45.2 Å². The van der Waals surface area contributed by atoms with Crippen LogP contribution < -0.4 is 0 Å². The third-order valence-electron chi connectivity index (χ3n) is 18.6. The van der Waals surface area contributed by atoms with Crippen molar-refractivity contribution >= 4 is 45.1 Å². The summed E-state index contributed by atoms with van der Waals surface area (Å²) in [6.45, 7) is -5.04. The third kappa shape index (κ3) is 13.5. The van der Waals surface area contributed by atoms with Gasteiger partial charge in [-0.2, -0.15) is 23.5 Å². The second-order valence-corrected chi connectivity index (χ2v) is 26.4. The van der Waals surface area contributed by atoms with Crippen molar-refractivity contribution in [3.63, 3.8) is 0 Å². The fraction of sp³-hybridized carbons (Fsp3) is 0.759. The van der Waals surface area contributed by atoms with Gasteiger partial charge in [0, 0.05) is 23.0 Å². The minimum atomic E-state index is -2.19. The van der Waals surface area contributed by atoms with E-state index in [2.05, 4.69) is 0 Å². The van der Waals surface area contributed by atoms with E-state index in [4.69, 9.17) is 66.3 Å². The van der Waals surface area contributed by atoms with Crippen LogP contribution in [0, 0.1) is 0 Å². The van der Waals surface area contributed by atoms with E-state index in [9.17, 15) is 97.0 Å². The third-order valence-corrected chi connectivity index (χ3v) is 20.7. The molecule has 17 aliphatic heterocycles. The van der Waals surface area contributed by atoms with E-state index in [-0.39, 0.29) is 23.0 Å². The van der Waals surface area contributed by atoms with E-state index in [0.29, 0.717) is 0 Å². The smallest absolute Gasteiger partial charge is 0.187 e. The maximum absolute atomic E-state index is 12.2. The molecule has 35 heteroatoms. The second kappa shape index (κ2) is 29.8. The first-order valence-corrected chi connectivity index (χ1v) is 32.8. The van der Waals surface area contributed by atoms with Crippen LogP contribution in [0.1, 0.15) is 11.1 Å². The van der Waals surface area contributed by atoms with Crippen LogP contribution in [0.3, 0.4) is 0 Å². The molecule has 7 saturated heterocycles. The summed E-state index contributed by atoms with van der Waals surface area (Å²) in [5.74, 6) is 0.107. The largest absolute Gasteiger partial charge is 0.394 e. The summed E-state index contributed by atoms with van der Waals surface area (Å²) in [5.41, 5.74) is 1.62. The quantitative estimate of drug-likeness (QED) is 0.106. The van der Waals surface area contributed by atoms with Gasteiger partial charge in [0.15, 0.2) is 44.0 Å². The molecule has 35 atom stereocenters. The maximum atomic E-state index is 12.2. The predicted octanol–water partition coefficient (Wildman–Crippen LogP) is -8.73. The molecule has 16 bridgehead atoms. The van der Waals surface area contributed by atoms with Crippen molar-refractivity contribution in [1.29, 1.82) is 0 Å². The van der Waals surface area contributed by atoms with Gasteiger partial charge in [-0.25, -0.2) is 0 Å². The number of hydrogen-bond donors (Lipinski definition) is 19. The van der Waals surface area contributed by atoms with Crippen molar-refractivity contribution in [3.8, 4) is 0 Å². The number of ether oxygens (including phenoxy) is 14. The number of thioether (sulfide) groups is 2. The van der Waals surface area contributed by atoms with E-state index in [1.807, 2.05) is 48.5 Å². The normalized spacial score (nSPS) is 48.9.